The van der Waals surface area contributed by atoms with Crippen LogP contribution in [0.15, 0.2) is 24.4 Å². The van der Waals surface area contributed by atoms with E-state index in [1.165, 1.54) is 11.6 Å². The van der Waals surface area contributed by atoms with Crippen molar-refractivity contribution in [1.82, 2.24) is 15.2 Å². The maximum atomic E-state index is 12.6. The molecule has 132 valence electrons. The van der Waals surface area contributed by atoms with E-state index in [2.05, 4.69) is 26.1 Å². The van der Waals surface area contributed by atoms with Crippen molar-refractivity contribution in [2.24, 2.45) is 0 Å². The number of aryl methyl sites for hydroxylation is 2. The molecule has 2 aromatic rings. The van der Waals surface area contributed by atoms with Crippen LogP contribution in [0.1, 0.15) is 23.2 Å². The first-order chi connectivity index (χ1) is 11.9. The van der Waals surface area contributed by atoms with Crippen LogP contribution in [0.2, 0.25) is 0 Å². The van der Waals surface area contributed by atoms with E-state index in [-0.39, 0.29) is 6.04 Å². The average molecular weight is 349 g/mol. The molecule has 0 atom stereocenters. The Morgan fingerprint density at radius 2 is 1.96 bits per heavy atom. The van der Waals surface area contributed by atoms with E-state index in [1.807, 2.05) is 11.9 Å². The van der Waals surface area contributed by atoms with Gasteiger partial charge in [0.15, 0.2) is 5.82 Å². The second-order valence-electron chi connectivity index (χ2n) is 6.60. The first-order valence-corrected chi connectivity index (χ1v) is 8.28. The predicted molar refractivity (Wildman–Crippen MR) is 87.7 cm³/mol. The predicted octanol–water partition coefficient (Wildman–Crippen LogP) is 2.70. The minimum absolute atomic E-state index is 0.194. The van der Waals surface area contributed by atoms with Gasteiger partial charge in [-0.1, -0.05) is 0 Å². The number of likely N-dealkylation sites (N-methyl/N-ethyl adjacent to an activating group) is 1. The fourth-order valence-corrected chi connectivity index (χ4v) is 3.31. The van der Waals surface area contributed by atoms with Gasteiger partial charge in [-0.15, -0.1) is 5.10 Å². The van der Waals surface area contributed by atoms with Crippen molar-refractivity contribution in [2.45, 2.75) is 31.5 Å². The van der Waals surface area contributed by atoms with Gasteiger partial charge in [-0.05, 0) is 43.0 Å². The lowest BCUT2D eigenvalue weighted by atomic mass is 10.1. The van der Waals surface area contributed by atoms with Crippen LogP contribution < -0.4 is 9.80 Å². The maximum absolute atomic E-state index is 12.6. The standard InChI is InChI=1S/C17H18F3N5/c1-24(15-6-5-12(8-21-15)17(18,19)20)13-9-25(10-13)16-7-11-3-2-4-14(11)22-23-16/h5-8,13H,2-4,9-10H2,1H3. The molecule has 25 heavy (non-hydrogen) atoms. The Labute approximate surface area is 143 Å². The second-order valence-corrected chi connectivity index (χ2v) is 6.60. The van der Waals surface area contributed by atoms with Gasteiger partial charge < -0.3 is 9.80 Å². The van der Waals surface area contributed by atoms with Gasteiger partial charge >= 0.3 is 6.18 Å². The van der Waals surface area contributed by atoms with E-state index >= 15 is 0 Å². The van der Waals surface area contributed by atoms with Crippen LogP contribution in [0.25, 0.3) is 0 Å². The molecular formula is C17H18F3N5. The minimum atomic E-state index is -4.36. The number of alkyl halides is 3. The summed E-state index contributed by atoms with van der Waals surface area (Å²) in [6, 6.07) is 4.79. The second kappa shape index (κ2) is 5.86. The third kappa shape index (κ3) is 3.01. The zero-order valence-corrected chi connectivity index (χ0v) is 13.8. The Hall–Kier alpha value is -2.38. The lowest BCUT2D eigenvalue weighted by Gasteiger charge is -2.45. The van der Waals surface area contributed by atoms with Crippen LogP contribution >= 0.6 is 0 Å². The van der Waals surface area contributed by atoms with E-state index in [0.717, 1.165) is 56.1 Å². The van der Waals surface area contributed by atoms with Crippen molar-refractivity contribution >= 4 is 11.6 Å². The molecule has 1 fully saturated rings. The van der Waals surface area contributed by atoms with E-state index < -0.39 is 11.7 Å². The quantitative estimate of drug-likeness (QED) is 0.853. The molecular weight excluding hydrogens is 331 g/mol. The largest absolute Gasteiger partial charge is 0.417 e. The highest BCUT2D eigenvalue weighted by atomic mass is 19.4. The molecule has 0 unspecified atom stereocenters. The number of hydrogen-bond acceptors (Lipinski definition) is 5. The van der Waals surface area contributed by atoms with Crippen molar-refractivity contribution in [3.05, 3.63) is 41.2 Å². The third-order valence-electron chi connectivity index (χ3n) is 4.98. The number of halogens is 3. The molecule has 0 saturated carbocycles. The molecule has 0 spiro atoms. The summed E-state index contributed by atoms with van der Waals surface area (Å²) in [6.45, 7) is 1.51. The molecule has 5 nitrogen and oxygen atoms in total. The highest BCUT2D eigenvalue weighted by Crippen LogP contribution is 2.31. The van der Waals surface area contributed by atoms with Gasteiger partial charge in [0.25, 0.3) is 0 Å². The van der Waals surface area contributed by atoms with Crippen LogP contribution in [0, 0.1) is 0 Å². The molecule has 1 aliphatic carbocycles. The Morgan fingerprint density at radius 3 is 2.64 bits per heavy atom. The highest BCUT2D eigenvalue weighted by molar-refractivity contribution is 5.49. The van der Waals surface area contributed by atoms with Gasteiger partial charge in [-0.25, -0.2) is 4.98 Å². The zero-order chi connectivity index (χ0) is 17.6. The number of fused-ring (bicyclic) bond motifs is 1. The Kier molecular flexibility index (Phi) is 3.77. The van der Waals surface area contributed by atoms with Crippen LogP contribution in [0.3, 0.4) is 0 Å². The summed E-state index contributed by atoms with van der Waals surface area (Å²) in [7, 11) is 1.85. The number of anilines is 2. The third-order valence-corrected chi connectivity index (χ3v) is 4.98. The van der Waals surface area contributed by atoms with Crippen LogP contribution in [0.5, 0.6) is 0 Å². The molecule has 1 saturated heterocycles. The van der Waals surface area contributed by atoms with Gasteiger partial charge in [-0.2, -0.15) is 18.3 Å². The van der Waals surface area contributed by atoms with Gasteiger partial charge in [0, 0.05) is 26.3 Å². The molecule has 2 aromatic heterocycles. The summed E-state index contributed by atoms with van der Waals surface area (Å²) < 4.78 is 37.9. The number of rotatable bonds is 3. The number of hydrogen-bond donors (Lipinski definition) is 0. The van der Waals surface area contributed by atoms with Crippen molar-refractivity contribution in [2.75, 3.05) is 29.9 Å². The number of pyridine rings is 1. The summed E-state index contributed by atoms with van der Waals surface area (Å²) in [6.07, 6.45) is -0.270. The summed E-state index contributed by atoms with van der Waals surface area (Å²) in [4.78, 5) is 8.00. The molecule has 0 amide bonds. The lowest BCUT2D eigenvalue weighted by molar-refractivity contribution is -0.137. The van der Waals surface area contributed by atoms with Crippen LogP contribution in [-0.2, 0) is 19.0 Å². The van der Waals surface area contributed by atoms with Gasteiger partial charge in [0.05, 0.1) is 17.3 Å². The Balaban J connectivity index is 1.40. The highest BCUT2D eigenvalue weighted by Gasteiger charge is 2.34. The normalized spacial score (nSPS) is 17.4. The average Bonchev–Trinajstić information content (AvgIpc) is 3.00. The lowest BCUT2D eigenvalue weighted by Crippen LogP contribution is -2.59. The van der Waals surface area contributed by atoms with Crippen molar-refractivity contribution in [1.29, 1.82) is 0 Å². The Morgan fingerprint density at radius 1 is 1.16 bits per heavy atom. The molecule has 0 radical (unpaired) electrons. The molecule has 0 bridgehead atoms. The number of nitrogens with zero attached hydrogens (tertiary/aromatic N) is 5. The number of aromatic nitrogens is 3. The molecule has 0 N–H and O–H groups in total. The topological polar surface area (TPSA) is 45.2 Å². The smallest absolute Gasteiger partial charge is 0.353 e. The van der Waals surface area contributed by atoms with Gasteiger partial charge in [0.2, 0.25) is 0 Å². The molecule has 4 rings (SSSR count). The van der Waals surface area contributed by atoms with E-state index in [9.17, 15) is 13.2 Å². The first kappa shape index (κ1) is 16.1. The van der Waals surface area contributed by atoms with Crippen LogP contribution in [-0.4, -0.2) is 41.4 Å². The maximum Gasteiger partial charge on any atom is 0.417 e. The molecule has 8 heteroatoms. The van der Waals surface area contributed by atoms with E-state index in [4.69, 9.17) is 0 Å². The molecule has 3 heterocycles. The fourth-order valence-electron chi connectivity index (χ4n) is 3.31. The molecule has 0 aromatic carbocycles. The fraction of sp³-hybridized carbons (Fsp3) is 0.471. The van der Waals surface area contributed by atoms with Crippen molar-refractivity contribution in [3.8, 4) is 0 Å². The zero-order valence-electron chi connectivity index (χ0n) is 13.8. The monoisotopic (exact) mass is 349 g/mol. The minimum Gasteiger partial charge on any atom is -0.353 e. The van der Waals surface area contributed by atoms with Crippen molar-refractivity contribution in [3.63, 3.8) is 0 Å². The molecule has 1 aliphatic heterocycles. The van der Waals surface area contributed by atoms with E-state index in [0.29, 0.717) is 5.82 Å². The van der Waals surface area contributed by atoms with Crippen LogP contribution in [0.4, 0.5) is 24.8 Å². The van der Waals surface area contributed by atoms with Gasteiger partial charge in [-0.3, -0.25) is 0 Å². The summed E-state index contributed by atoms with van der Waals surface area (Å²) in [5, 5.41) is 8.59. The summed E-state index contributed by atoms with van der Waals surface area (Å²) >= 11 is 0. The SMILES string of the molecule is CN(c1ccc(C(F)(F)F)cn1)C1CN(c2cc3c(nn2)CCC3)C1. The Bertz CT molecular complexity index is 769. The molecule has 2 aliphatic rings. The summed E-state index contributed by atoms with van der Waals surface area (Å²) in [5.41, 5.74) is 1.66. The van der Waals surface area contributed by atoms with Gasteiger partial charge in [0.1, 0.15) is 5.82 Å². The first-order valence-electron chi connectivity index (χ1n) is 8.28. The van der Waals surface area contributed by atoms with E-state index in [1.54, 1.807) is 0 Å². The van der Waals surface area contributed by atoms with Crippen molar-refractivity contribution < 1.29 is 13.2 Å². The summed E-state index contributed by atoms with van der Waals surface area (Å²) in [5.74, 6) is 1.42.